The van der Waals surface area contributed by atoms with Gasteiger partial charge in [0.25, 0.3) is 0 Å². The summed E-state index contributed by atoms with van der Waals surface area (Å²) in [4.78, 5) is 3.82. The molecule has 0 spiro atoms. The first-order chi connectivity index (χ1) is 10.4. The van der Waals surface area contributed by atoms with Crippen LogP contribution in [-0.2, 0) is 6.18 Å². The van der Waals surface area contributed by atoms with Gasteiger partial charge in [-0.3, -0.25) is 10.1 Å². The molecule has 0 saturated heterocycles. The third kappa shape index (κ3) is 2.05. The maximum atomic E-state index is 13.2. The van der Waals surface area contributed by atoms with E-state index in [9.17, 15) is 18.4 Å². The Balaban J connectivity index is 2.27. The zero-order valence-electron chi connectivity index (χ0n) is 10.8. The highest BCUT2D eigenvalue weighted by Gasteiger charge is 2.44. The molecule has 0 amide bonds. The summed E-state index contributed by atoms with van der Waals surface area (Å²) < 4.78 is 44.5. The van der Waals surface area contributed by atoms with E-state index < -0.39 is 17.8 Å². The summed E-state index contributed by atoms with van der Waals surface area (Å²) in [5.41, 5.74) is 4.64. The van der Waals surface area contributed by atoms with Gasteiger partial charge in [-0.2, -0.15) is 18.4 Å². The molecule has 1 aliphatic heterocycles. The monoisotopic (exact) mass is 307 g/mol. The molecule has 0 aromatic carbocycles. The van der Waals surface area contributed by atoms with E-state index in [1.807, 2.05) is 11.2 Å². The number of hydrogen-bond donors (Lipinski definition) is 2. The first kappa shape index (κ1) is 13.9. The van der Waals surface area contributed by atoms with Gasteiger partial charge in [0.15, 0.2) is 0 Å². The maximum absolute atomic E-state index is 13.2. The van der Waals surface area contributed by atoms with Gasteiger partial charge in [0.2, 0.25) is 11.8 Å². The predicted molar refractivity (Wildman–Crippen MR) is 67.1 cm³/mol. The van der Waals surface area contributed by atoms with Crippen molar-refractivity contribution in [3.05, 3.63) is 52.8 Å². The fourth-order valence-corrected chi connectivity index (χ4v) is 2.35. The van der Waals surface area contributed by atoms with Crippen molar-refractivity contribution in [2.24, 2.45) is 5.73 Å². The SMILES string of the molecule is N#CC1=C(N)Oc2n[nH]c(C(F)(F)F)c2C1c1ccncc1. The second kappa shape index (κ2) is 4.77. The Hall–Kier alpha value is -3.02. The van der Waals surface area contributed by atoms with Crippen LogP contribution in [0.5, 0.6) is 5.88 Å². The molecule has 3 rings (SSSR count). The molecular weight excluding hydrogens is 299 g/mol. The normalized spacial score (nSPS) is 17.6. The van der Waals surface area contributed by atoms with Crippen molar-refractivity contribution in [2.45, 2.75) is 12.1 Å². The molecular formula is C13H8F3N5O. The van der Waals surface area contributed by atoms with Crippen molar-refractivity contribution in [1.82, 2.24) is 15.2 Å². The van der Waals surface area contributed by atoms with Gasteiger partial charge >= 0.3 is 6.18 Å². The number of ether oxygens (including phenoxy) is 1. The Bertz CT molecular complexity index is 788. The lowest BCUT2D eigenvalue weighted by atomic mass is 9.84. The molecule has 1 unspecified atom stereocenters. The number of hydrogen-bond acceptors (Lipinski definition) is 5. The van der Waals surface area contributed by atoms with E-state index in [2.05, 4.69) is 10.1 Å². The number of rotatable bonds is 1. The summed E-state index contributed by atoms with van der Waals surface area (Å²) in [7, 11) is 0. The van der Waals surface area contributed by atoms with Crippen LogP contribution in [0.3, 0.4) is 0 Å². The second-order valence-electron chi connectivity index (χ2n) is 4.52. The van der Waals surface area contributed by atoms with Gasteiger partial charge in [-0.15, -0.1) is 5.10 Å². The van der Waals surface area contributed by atoms with E-state index in [4.69, 9.17) is 10.5 Å². The zero-order chi connectivity index (χ0) is 15.9. The molecule has 1 atom stereocenters. The Morgan fingerprint density at radius 1 is 1.32 bits per heavy atom. The number of H-pyrrole nitrogens is 1. The van der Waals surface area contributed by atoms with Gasteiger partial charge in [-0.05, 0) is 17.7 Å². The highest BCUT2D eigenvalue weighted by Crippen LogP contribution is 2.46. The van der Waals surface area contributed by atoms with E-state index >= 15 is 0 Å². The van der Waals surface area contributed by atoms with Crippen LogP contribution in [0.2, 0.25) is 0 Å². The number of nitriles is 1. The third-order valence-corrected chi connectivity index (χ3v) is 3.26. The number of aromatic nitrogens is 3. The molecule has 9 heteroatoms. The average molecular weight is 307 g/mol. The minimum absolute atomic E-state index is 0.106. The fourth-order valence-electron chi connectivity index (χ4n) is 2.35. The molecule has 0 radical (unpaired) electrons. The van der Waals surface area contributed by atoms with Gasteiger partial charge in [0, 0.05) is 12.4 Å². The number of nitrogens with two attached hydrogens (primary N) is 1. The summed E-state index contributed by atoms with van der Waals surface area (Å²) in [5.74, 6) is -1.57. The number of aromatic amines is 1. The summed E-state index contributed by atoms with van der Waals surface area (Å²) >= 11 is 0. The van der Waals surface area contributed by atoms with Gasteiger partial charge in [0.1, 0.15) is 17.3 Å². The Labute approximate surface area is 122 Å². The quantitative estimate of drug-likeness (QED) is 0.839. The number of halogens is 3. The number of pyridine rings is 1. The molecule has 0 saturated carbocycles. The van der Waals surface area contributed by atoms with Crippen LogP contribution in [0.1, 0.15) is 22.7 Å². The van der Waals surface area contributed by atoms with Crippen molar-refractivity contribution in [3.63, 3.8) is 0 Å². The highest BCUT2D eigenvalue weighted by molar-refractivity contribution is 5.55. The molecule has 2 aromatic rings. The van der Waals surface area contributed by atoms with Crippen LogP contribution in [0.15, 0.2) is 36.0 Å². The summed E-state index contributed by atoms with van der Waals surface area (Å²) in [6, 6.07) is 4.83. The van der Waals surface area contributed by atoms with Crippen molar-refractivity contribution < 1.29 is 17.9 Å². The van der Waals surface area contributed by atoms with Gasteiger partial charge < -0.3 is 10.5 Å². The minimum atomic E-state index is -4.66. The molecule has 0 aliphatic carbocycles. The van der Waals surface area contributed by atoms with Crippen LogP contribution < -0.4 is 10.5 Å². The smallest absolute Gasteiger partial charge is 0.420 e. The zero-order valence-corrected chi connectivity index (χ0v) is 10.8. The van der Waals surface area contributed by atoms with Crippen LogP contribution >= 0.6 is 0 Å². The van der Waals surface area contributed by atoms with Crippen LogP contribution in [0, 0.1) is 11.3 Å². The van der Waals surface area contributed by atoms with Crippen LogP contribution in [0.25, 0.3) is 0 Å². The minimum Gasteiger partial charge on any atom is -0.420 e. The van der Waals surface area contributed by atoms with Gasteiger partial charge in [-0.25, -0.2) is 0 Å². The Morgan fingerprint density at radius 3 is 2.59 bits per heavy atom. The molecule has 3 heterocycles. The van der Waals surface area contributed by atoms with E-state index in [1.54, 1.807) is 0 Å². The van der Waals surface area contributed by atoms with Crippen molar-refractivity contribution in [3.8, 4) is 11.9 Å². The van der Waals surface area contributed by atoms with Crippen molar-refractivity contribution in [1.29, 1.82) is 5.26 Å². The van der Waals surface area contributed by atoms with E-state index in [0.29, 0.717) is 5.56 Å². The summed E-state index contributed by atoms with van der Waals surface area (Å²) in [5, 5.41) is 14.7. The third-order valence-electron chi connectivity index (χ3n) is 3.26. The lowest BCUT2D eigenvalue weighted by Gasteiger charge is -2.24. The largest absolute Gasteiger partial charge is 0.433 e. The lowest BCUT2D eigenvalue weighted by Crippen LogP contribution is -2.22. The van der Waals surface area contributed by atoms with Crippen LogP contribution in [0.4, 0.5) is 13.2 Å². The Kier molecular flexibility index (Phi) is 3.02. The molecule has 2 aromatic heterocycles. The predicted octanol–water partition coefficient (Wildman–Crippen LogP) is 2.04. The first-order valence-corrected chi connectivity index (χ1v) is 6.06. The molecule has 0 bridgehead atoms. The summed E-state index contributed by atoms with van der Waals surface area (Å²) in [6.45, 7) is 0. The van der Waals surface area contributed by atoms with E-state index in [1.165, 1.54) is 24.5 Å². The van der Waals surface area contributed by atoms with E-state index in [-0.39, 0.29) is 22.9 Å². The lowest BCUT2D eigenvalue weighted by molar-refractivity contribution is -0.141. The van der Waals surface area contributed by atoms with Crippen LogP contribution in [-0.4, -0.2) is 15.2 Å². The topological polar surface area (TPSA) is 101 Å². The molecule has 1 aliphatic rings. The summed E-state index contributed by atoms with van der Waals surface area (Å²) in [6.07, 6.45) is -1.83. The number of nitrogens with zero attached hydrogens (tertiary/aromatic N) is 3. The molecule has 3 N–H and O–H groups in total. The molecule has 6 nitrogen and oxygen atoms in total. The van der Waals surface area contributed by atoms with Crippen molar-refractivity contribution >= 4 is 0 Å². The van der Waals surface area contributed by atoms with Gasteiger partial charge in [0.05, 0.1) is 11.5 Å². The first-order valence-electron chi connectivity index (χ1n) is 6.06. The maximum Gasteiger partial charge on any atom is 0.433 e. The average Bonchev–Trinajstić information content (AvgIpc) is 2.90. The highest BCUT2D eigenvalue weighted by atomic mass is 19.4. The molecule has 112 valence electrons. The van der Waals surface area contributed by atoms with E-state index in [0.717, 1.165) is 0 Å². The standard InChI is InChI=1S/C13H8F3N5O/c14-13(15,16)10-9-8(6-1-3-19-4-2-6)7(5-17)11(18)22-12(9)21-20-10/h1-4,8H,18H2,(H,20,21). The number of fused-ring (bicyclic) bond motifs is 1. The molecule has 22 heavy (non-hydrogen) atoms. The Morgan fingerprint density at radius 2 is 2.00 bits per heavy atom. The molecule has 0 fully saturated rings. The second-order valence-corrected chi connectivity index (χ2v) is 4.52. The van der Waals surface area contributed by atoms with Gasteiger partial charge in [-0.1, -0.05) is 0 Å². The number of allylic oxidation sites excluding steroid dienone is 1. The number of alkyl halides is 3. The fraction of sp³-hybridized carbons (Fsp3) is 0.154. The van der Waals surface area contributed by atoms with Crippen molar-refractivity contribution in [2.75, 3.05) is 0 Å². The number of nitrogens with one attached hydrogen (secondary N) is 1.